The molecule has 0 atom stereocenters. The second-order valence-electron chi connectivity index (χ2n) is 5.99. The molecule has 1 aromatic carbocycles. The summed E-state index contributed by atoms with van der Waals surface area (Å²) >= 11 is 0. The van der Waals surface area contributed by atoms with Crippen LogP contribution in [0.15, 0.2) is 49.1 Å². The van der Waals surface area contributed by atoms with Crippen molar-refractivity contribution in [2.24, 2.45) is 5.92 Å². The maximum atomic E-state index is 5.48. The summed E-state index contributed by atoms with van der Waals surface area (Å²) in [7, 11) is 0. The van der Waals surface area contributed by atoms with E-state index in [1.807, 2.05) is 0 Å². The van der Waals surface area contributed by atoms with Crippen LogP contribution in [0.1, 0.15) is 56.1 Å². The molecule has 1 saturated carbocycles. The second kappa shape index (κ2) is 8.84. The van der Waals surface area contributed by atoms with E-state index in [1.165, 1.54) is 36.8 Å². The van der Waals surface area contributed by atoms with Crippen molar-refractivity contribution in [3.05, 3.63) is 60.2 Å². The summed E-state index contributed by atoms with van der Waals surface area (Å²) in [6, 6.07) is 9.00. The van der Waals surface area contributed by atoms with Gasteiger partial charge < -0.3 is 4.74 Å². The third-order valence-electron chi connectivity index (χ3n) is 4.37. The fourth-order valence-corrected chi connectivity index (χ4v) is 3.12. The maximum Gasteiger partial charge on any atom is 0.0721 e. The highest BCUT2D eigenvalue weighted by atomic mass is 16.5. The van der Waals surface area contributed by atoms with Crippen molar-refractivity contribution in [2.45, 2.75) is 51.6 Å². The van der Waals surface area contributed by atoms with E-state index < -0.39 is 0 Å². The Morgan fingerprint density at radius 1 is 1.14 bits per heavy atom. The summed E-state index contributed by atoms with van der Waals surface area (Å²) in [5.74, 6) is 1.56. The van der Waals surface area contributed by atoms with E-state index in [0.29, 0.717) is 13.2 Å². The first kappa shape index (κ1) is 16.0. The van der Waals surface area contributed by atoms with Gasteiger partial charge in [-0.15, -0.1) is 6.58 Å². The molecule has 1 fully saturated rings. The predicted molar refractivity (Wildman–Crippen MR) is 90.4 cm³/mol. The number of allylic oxidation sites excluding steroid dienone is 2. The summed E-state index contributed by atoms with van der Waals surface area (Å²) in [6.45, 7) is 7.18. The van der Waals surface area contributed by atoms with Crippen LogP contribution in [0.25, 0.3) is 0 Å². The third-order valence-corrected chi connectivity index (χ3v) is 4.37. The van der Waals surface area contributed by atoms with Crippen LogP contribution in [0.3, 0.4) is 0 Å². The number of ether oxygens (including phenoxy) is 1. The van der Waals surface area contributed by atoms with E-state index in [1.54, 1.807) is 6.08 Å². The highest BCUT2D eigenvalue weighted by Gasteiger charge is 2.20. The van der Waals surface area contributed by atoms with Crippen molar-refractivity contribution in [1.29, 1.82) is 0 Å². The van der Waals surface area contributed by atoms with Gasteiger partial charge in [-0.05, 0) is 55.1 Å². The Bertz CT molecular complexity index is 435. The van der Waals surface area contributed by atoms with Crippen LogP contribution >= 0.6 is 0 Å². The van der Waals surface area contributed by atoms with Gasteiger partial charge in [0.2, 0.25) is 0 Å². The zero-order valence-corrected chi connectivity index (χ0v) is 13.3. The van der Waals surface area contributed by atoms with Crippen molar-refractivity contribution in [1.82, 2.24) is 0 Å². The fraction of sp³-hybridized carbons (Fsp3) is 0.500. The smallest absolute Gasteiger partial charge is 0.0721 e. The molecule has 2 rings (SSSR count). The minimum atomic E-state index is 0.622. The molecule has 0 bridgehead atoms. The number of rotatable bonds is 7. The number of benzene rings is 1. The molecule has 21 heavy (non-hydrogen) atoms. The molecule has 1 nitrogen and oxygen atoms in total. The Kier molecular flexibility index (Phi) is 6.75. The molecule has 0 aliphatic heterocycles. The molecule has 0 radical (unpaired) electrons. The van der Waals surface area contributed by atoms with Gasteiger partial charge in [-0.25, -0.2) is 0 Å². The van der Waals surface area contributed by atoms with Crippen molar-refractivity contribution in [3.63, 3.8) is 0 Å². The molecule has 114 valence electrons. The average Bonchev–Trinajstić information content (AvgIpc) is 2.54. The maximum absolute atomic E-state index is 5.48. The van der Waals surface area contributed by atoms with Gasteiger partial charge in [0.1, 0.15) is 0 Å². The van der Waals surface area contributed by atoms with Gasteiger partial charge in [0.05, 0.1) is 13.2 Å². The third kappa shape index (κ3) is 5.17. The zero-order valence-electron chi connectivity index (χ0n) is 13.3. The van der Waals surface area contributed by atoms with Crippen LogP contribution in [0, 0.1) is 5.92 Å². The van der Waals surface area contributed by atoms with Crippen LogP contribution in [-0.4, -0.2) is 6.61 Å². The van der Waals surface area contributed by atoms with E-state index in [0.717, 1.165) is 18.3 Å². The van der Waals surface area contributed by atoms with Crippen LogP contribution in [0.4, 0.5) is 0 Å². The Labute approximate surface area is 129 Å². The lowest BCUT2D eigenvalue weighted by Gasteiger charge is -2.27. The summed E-state index contributed by atoms with van der Waals surface area (Å²) in [4.78, 5) is 0. The van der Waals surface area contributed by atoms with Gasteiger partial charge in [-0.2, -0.15) is 0 Å². The topological polar surface area (TPSA) is 9.23 Å². The first-order chi connectivity index (χ1) is 10.3. The lowest BCUT2D eigenvalue weighted by molar-refractivity contribution is 0.149. The molecule has 1 aromatic rings. The first-order valence-electron chi connectivity index (χ1n) is 8.27. The van der Waals surface area contributed by atoms with E-state index in [2.05, 4.69) is 49.9 Å². The molecule has 0 heterocycles. The summed E-state index contributed by atoms with van der Waals surface area (Å²) in [5, 5.41) is 0. The molecule has 0 aromatic heterocycles. The van der Waals surface area contributed by atoms with E-state index in [4.69, 9.17) is 4.74 Å². The minimum absolute atomic E-state index is 0.622. The normalized spacial score (nSPS) is 22.5. The molecule has 1 heteroatoms. The molecular formula is C20H28O. The Balaban J connectivity index is 1.83. The van der Waals surface area contributed by atoms with Crippen LogP contribution in [0.5, 0.6) is 0 Å². The first-order valence-corrected chi connectivity index (χ1v) is 8.27. The fourth-order valence-electron chi connectivity index (χ4n) is 3.12. The summed E-state index contributed by atoms with van der Waals surface area (Å²) < 4.78 is 5.48. The predicted octanol–water partition coefficient (Wildman–Crippen LogP) is 5.63. The van der Waals surface area contributed by atoms with E-state index in [-0.39, 0.29) is 0 Å². The quantitative estimate of drug-likeness (QED) is 0.466. The molecule has 0 spiro atoms. The molecule has 0 N–H and O–H groups in total. The SMILES string of the molecule is C=CCOCc1ccc([C@H]2CC[C@H](/C=C/CC)CC2)cc1. The summed E-state index contributed by atoms with van der Waals surface area (Å²) in [6.07, 6.45) is 13.0. The van der Waals surface area contributed by atoms with E-state index in [9.17, 15) is 0 Å². The van der Waals surface area contributed by atoms with Gasteiger partial charge in [0.25, 0.3) is 0 Å². The standard InChI is InChI=1S/C20H28O/c1-3-5-6-17-7-11-19(12-8-17)20-13-9-18(10-14-20)16-21-15-4-2/h4-6,9-10,13-14,17,19H,2-3,7-8,11-12,15-16H2,1H3/b6-5+/t17-,19-. The molecule has 0 saturated heterocycles. The number of hydrogen-bond acceptors (Lipinski definition) is 1. The van der Waals surface area contributed by atoms with Gasteiger partial charge in [-0.1, -0.05) is 49.4 Å². The van der Waals surface area contributed by atoms with Gasteiger partial charge in [0, 0.05) is 0 Å². The van der Waals surface area contributed by atoms with Crippen molar-refractivity contribution in [2.75, 3.05) is 6.61 Å². The van der Waals surface area contributed by atoms with E-state index >= 15 is 0 Å². The second-order valence-corrected chi connectivity index (χ2v) is 5.99. The lowest BCUT2D eigenvalue weighted by atomic mass is 9.78. The average molecular weight is 284 g/mol. The summed E-state index contributed by atoms with van der Waals surface area (Å²) in [5.41, 5.74) is 2.75. The van der Waals surface area contributed by atoms with Crippen LogP contribution in [-0.2, 0) is 11.3 Å². The van der Waals surface area contributed by atoms with Crippen LogP contribution < -0.4 is 0 Å². The highest BCUT2D eigenvalue weighted by molar-refractivity contribution is 5.25. The monoisotopic (exact) mass is 284 g/mol. The van der Waals surface area contributed by atoms with Crippen molar-refractivity contribution < 1.29 is 4.74 Å². The van der Waals surface area contributed by atoms with Crippen molar-refractivity contribution in [3.8, 4) is 0 Å². The molecule has 1 aliphatic carbocycles. The Hall–Kier alpha value is -1.34. The largest absolute Gasteiger partial charge is 0.373 e. The zero-order chi connectivity index (χ0) is 14.9. The van der Waals surface area contributed by atoms with Crippen molar-refractivity contribution >= 4 is 0 Å². The lowest BCUT2D eigenvalue weighted by Crippen LogP contribution is -2.11. The Morgan fingerprint density at radius 3 is 2.48 bits per heavy atom. The number of hydrogen-bond donors (Lipinski definition) is 0. The van der Waals surface area contributed by atoms with Gasteiger partial charge >= 0.3 is 0 Å². The molecular weight excluding hydrogens is 256 g/mol. The molecule has 0 unspecified atom stereocenters. The molecule has 1 aliphatic rings. The highest BCUT2D eigenvalue weighted by Crippen LogP contribution is 2.36. The van der Waals surface area contributed by atoms with Crippen LogP contribution in [0.2, 0.25) is 0 Å². The minimum Gasteiger partial charge on any atom is -0.373 e. The molecule has 0 amide bonds. The van der Waals surface area contributed by atoms with Gasteiger partial charge in [0.15, 0.2) is 0 Å². The Morgan fingerprint density at radius 2 is 1.86 bits per heavy atom. The van der Waals surface area contributed by atoms with Gasteiger partial charge in [-0.3, -0.25) is 0 Å².